The van der Waals surface area contributed by atoms with E-state index in [0.29, 0.717) is 0 Å². The lowest BCUT2D eigenvalue weighted by atomic mass is 9.89. The van der Waals surface area contributed by atoms with Crippen LogP contribution in [0.2, 0.25) is 0 Å². The fraction of sp³-hybridized carbons (Fsp3) is 0.970. The molecule has 10 saturated heterocycles. The summed E-state index contributed by atoms with van der Waals surface area (Å²) in [5, 5.41) is 381. The predicted molar refractivity (Wildman–Crippen MR) is 378 cm³/mol. The number of carboxylic acids is 2. The summed E-state index contributed by atoms with van der Waals surface area (Å²) in [7, 11) is -13.9. The number of carbonyl (C=O) groups excluding carboxylic acids is 2. The summed E-state index contributed by atoms with van der Waals surface area (Å²) in [6.45, 7) is -14.3. The highest BCUT2D eigenvalue weighted by Gasteiger charge is 2.65. The van der Waals surface area contributed by atoms with Crippen LogP contribution in [0, 0.1) is 0 Å². The predicted octanol–water partition coefficient (Wildman–Crippen LogP) is -30.7. The van der Waals surface area contributed by atoms with Gasteiger partial charge in [-0.15, -0.1) is 0 Å². The third-order valence-corrected chi connectivity index (χ3v) is 24.6. The minimum absolute atomic E-state index is 1.12. The van der Waals surface area contributed by atoms with Crippen LogP contribution in [-0.4, -0.2) is 566 Å². The zero-order valence-electron chi connectivity index (χ0n) is 68.5. The first-order valence-corrected chi connectivity index (χ1v) is 43.5. The second-order valence-corrected chi connectivity index (χ2v) is 34.8. The van der Waals surface area contributed by atoms with Crippen LogP contribution in [0.25, 0.3) is 0 Å². The number of phosphoric acid groups is 2. The van der Waals surface area contributed by atoms with Crippen molar-refractivity contribution in [2.24, 2.45) is 0 Å². The normalized spacial score (nSPS) is 48.2. The van der Waals surface area contributed by atoms with Crippen LogP contribution in [0.15, 0.2) is 0 Å². The number of carbonyl (C=O) groups is 2. The van der Waals surface area contributed by atoms with Gasteiger partial charge in [-0.1, -0.05) is 0 Å². The van der Waals surface area contributed by atoms with Gasteiger partial charge >= 0.3 is 0 Å². The van der Waals surface area contributed by atoms with Gasteiger partial charge in [0.1, 0.15) is 256 Å². The number of rotatable bonds is 39. The molecule has 0 amide bonds. The van der Waals surface area contributed by atoms with Crippen LogP contribution in [0.1, 0.15) is 12.8 Å². The van der Waals surface area contributed by atoms with Crippen molar-refractivity contribution >= 4 is 27.6 Å². The molecule has 0 aliphatic carbocycles. The number of ether oxygens (including phenoxy) is 19. The number of phosphoric ester groups is 2. The number of carboxylic acid groups (broad SMARTS) is 2. The first-order valence-electron chi connectivity index (χ1n) is 40.6. The molecule has 53 atom stereocenters. The van der Waals surface area contributed by atoms with Crippen LogP contribution in [0.3, 0.4) is 0 Å². The number of aliphatic hydroxyl groups excluding tert-OH is 31. The van der Waals surface area contributed by atoms with Crippen LogP contribution in [0.4, 0.5) is 0 Å². The van der Waals surface area contributed by atoms with Gasteiger partial charge in [0, 0.05) is 12.8 Å². The number of quaternary nitrogens is 1. The smallest absolute Gasteiger partial charge is 0.214 e. The largest absolute Gasteiger partial charge is 0.790 e. The monoisotopic (exact) mass is 2000 g/mol. The molecule has 0 spiro atoms. The molecule has 10 aliphatic heterocycles. The Balaban J connectivity index is 1.09. The van der Waals surface area contributed by atoms with E-state index >= 15 is 0 Å². The molecule has 10 aliphatic rings. The number of hydrogen-bond acceptors (Lipinski definition) is 63. The topological polar surface area (TPSA) is 1080 Å². The number of hydrogen-bond donors (Lipinski definition) is 33. The molecule has 35 N–H and O–H groups in total. The van der Waals surface area contributed by atoms with E-state index in [0.717, 1.165) is 0 Å². The molecule has 0 aromatic carbocycles. The van der Waals surface area contributed by atoms with E-state index in [9.17, 15) is 212 Å². The van der Waals surface area contributed by atoms with Gasteiger partial charge in [-0.2, -0.15) is 0 Å². The van der Waals surface area contributed by atoms with E-state index in [1.807, 2.05) is 0 Å². The van der Waals surface area contributed by atoms with Gasteiger partial charge < -0.3 is 317 Å². The van der Waals surface area contributed by atoms with Crippen LogP contribution < -0.4 is 35.5 Å². The molecule has 10 fully saturated rings. The second kappa shape index (κ2) is 46.6. The quantitative estimate of drug-likeness (QED) is 0.0254. The van der Waals surface area contributed by atoms with Gasteiger partial charge in [-0.3, -0.25) is 0 Å². The summed E-state index contributed by atoms with van der Waals surface area (Å²) >= 11 is 0. The van der Waals surface area contributed by atoms with Gasteiger partial charge in [0.2, 0.25) is 17.9 Å². The van der Waals surface area contributed by atoms with E-state index in [2.05, 4.69) is 5.73 Å². The van der Waals surface area contributed by atoms with E-state index in [-0.39, 0.29) is 0 Å². The summed E-state index contributed by atoms with van der Waals surface area (Å²) < 4.78 is 145. The van der Waals surface area contributed by atoms with Crippen molar-refractivity contribution in [2.45, 2.75) is 337 Å². The van der Waals surface area contributed by atoms with E-state index in [1.165, 1.54) is 0 Å². The fourth-order valence-corrected chi connectivity index (χ4v) is 17.5. The average Bonchev–Trinajstić information content (AvgIpc) is 0.600. The first kappa shape index (κ1) is 112. The summed E-state index contributed by atoms with van der Waals surface area (Å²) in [5.74, 6) is -13.1. The lowest BCUT2D eigenvalue weighted by molar-refractivity contribution is -0.509. The zero-order chi connectivity index (χ0) is 98.9. The van der Waals surface area contributed by atoms with Crippen molar-refractivity contribution in [1.82, 2.24) is 0 Å². The molecule has 0 aromatic rings. The van der Waals surface area contributed by atoms with Crippen molar-refractivity contribution in [1.29, 1.82) is 0 Å². The summed E-state index contributed by atoms with van der Waals surface area (Å²) in [6, 6.07) is -1.74. The molecule has 133 heavy (non-hydrogen) atoms. The number of aliphatic hydroxyl groups is 32. The van der Waals surface area contributed by atoms with Crippen molar-refractivity contribution in [2.75, 3.05) is 66.1 Å². The van der Waals surface area contributed by atoms with Gasteiger partial charge in [0.05, 0.1) is 93.9 Å². The minimum atomic E-state index is -6.97. The second-order valence-electron chi connectivity index (χ2n) is 32.6. The maximum absolute atomic E-state index is 13.3. The zero-order valence-corrected chi connectivity index (χ0v) is 70.3. The molecular formula is C67H110NO63P2-5. The highest BCUT2D eigenvalue weighted by atomic mass is 31.2. The van der Waals surface area contributed by atoms with E-state index in [1.54, 1.807) is 0 Å². The summed E-state index contributed by atoms with van der Waals surface area (Å²) in [4.78, 5) is 78.5. The standard InChI is InChI=1S/C67H115NO63P2/c68-25-32(90)27(85)20(7-73)112-56(25)122-49-31(89)24(11-77)116-63(55(49)126-62-52(35(93)29(87)22(9-75)115-62)125-58-38(96)33(91)28(86)21(8-74)113-58)121-48-30(88)23(10-76)114-59(39(48)97)123-51-41(99)61(119-45(54(51)131-133(108,109)110)18(83)12-111-57-37(95)34(92)36(94)42(117-57)14(79)3-69)124-50-40(98)60(118-44(16(81)5-71)53(50)130-132(105,106)107)120-47-19(2-66(104,64(100)101)128-46(47)17(82)6-72)127-67(65(102)103)1-13(78)26(84)43(129-67)15(80)4-70/h13-63,69-99,104H,1-12,68H2,(H,100,101)(H,102,103)(H2,105,106,107)(H2,108,109,110)/p-5/t13-,14+,15-,16+,17-,18-,19-,20-,21-,22-,23-,24-,25-,26-,27-,28-,29-,30-,31+,32-,33+,34+,35+,36+,37+,38-,39-,40+,41+,42-,43-,44-,45-,46-,47-,48+,49+,50-,51-,52-,53-,54-,55-,56-,57+,58-,59-,60-,61+,62-,63-,66-,67-/m1/s1. The Labute approximate surface area is 745 Å². The maximum atomic E-state index is 13.3. The van der Waals surface area contributed by atoms with Gasteiger partial charge in [-0.25, -0.2) is 0 Å². The molecule has 0 unspecified atom stereocenters. The van der Waals surface area contributed by atoms with Gasteiger partial charge in [0.15, 0.2) is 50.1 Å². The Bertz CT molecular complexity index is 3730. The Hall–Kier alpha value is -2.92. The lowest BCUT2D eigenvalue weighted by Crippen LogP contribution is -2.79. The molecule has 0 aromatic heterocycles. The average molecular weight is 2000 g/mol. The Morgan fingerprint density at radius 2 is 0.692 bits per heavy atom. The molecule has 10 heterocycles. The highest BCUT2D eigenvalue weighted by molar-refractivity contribution is 7.43. The third kappa shape index (κ3) is 24.6. The number of aliphatic carboxylic acids is 2. The molecule has 66 heteroatoms. The van der Waals surface area contributed by atoms with Gasteiger partial charge in [0.25, 0.3) is 0 Å². The van der Waals surface area contributed by atoms with Crippen molar-refractivity contribution in [3.05, 3.63) is 0 Å². The van der Waals surface area contributed by atoms with Crippen molar-refractivity contribution < 1.29 is 317 Å². The molecule has 776 valence electrons. The van der Waals surface area contributed by atoms with E-state index in [4.69, 9.17) is 99.0 Å². The molecular weight excluding hydrogens is 1890 g/mol. The first-order chi connectivity index (χ1) is 62.3. The Morgan fingerprint density at radius 1 is 0.338 bits per heavy atom. The van der Waals surface area contributed by atoms with Crippen LogP contribution >= 0.6 is 15.6 Å². The third-order valence-electron chi connectivity index (χ3n) is 23.6. The van der Waals surface area contributed by atoms with Crippen LogP contribution in [-0.2, 0) is 118 Å². The molecule has 64 nitrogen and oxygen atoms in total. The highest BCUT2D eigenvalue weighted by Crippen LogP contribution is 2.47. The SMILES string of the molecule is [NH3+][C@H]1[C@@H](O[C@H]2[C@@H](O)[C@@H](CO)O[C@H](O[C@@H]3[C@@H](O)[C@@H](O[C@@H]4[C@H](O)[C@H](O[C@@H]5[C@H](O)[C@@H](O[C@H]6[C@@H]([C@H](O)CO)O[C@@](O)(C(=O)[O-])C[C@H]6O[C@]6(C(=O)[O-])C[C@@H](O)[C@@H](O)[C@@H]([C@H](O)CO)O6)O[C@H]([C@@H](O)CO)[C@H]5OP(=O)([O-])[O-])O[C@H]([C@H](O)CO[C@H]5O[C@H]([C@@H](O)CO)[C@@H](O)[C@H](O)[C@@H]5O)[C@H]4OP(=O)([O-])[O-])O[C@H](CO)[C@H]3O)[C@@H]2O[C@H]2O[C@H](CO)[C@@H](O)[C@H](O)[C@H]2O[C@H]2O[C@H](CO)[C@@H](O)[C@H](O)[C@H]2O)O[C@H](CO)[C@@H](O)[C@@H]1O. The van der Waals surface area contributed by atoms with Crippen LogP contribution in [0.5, 0.6) is 0 Å². The summed E-state index contributed by atoms with van der Waals surface area (Å²) in [6.07, 6.45) is -134. The minimum Gasteiger partial charge on any atom is -0.790 e. The molecule has 0 saturated carbocycles. The lowest BCUT2D eigenvalue weighted by Gasteiger charge is -2.54. The Kier molecular flexibility index (Phi) is 39.3. The van der Waals surface area contributed by atoms with Crippen molar-refractivity contribution in [3.8, 4) is 0 Å². The Morgan fingerprint density at radius 3 is 1.18 bits per heavy atom. The van der Waals surface area contributed by atoms with Gasteiger partial charge in [-0.05, 0) is 0 Å². The van der Waals surface area contributed by atoms with E-state index < -0.39 is 431 Å². The molecule has 10 rings (SSSR count). The maximum Gasteiger partial charge on any atom is 0.214 e. The summed E-state index contributed by atoms with van der Waals surface area (Å²) in [5.41, 5.74) is 3.70. The fourth-order valence-electron chi connectivity index (χ4n) is 16.5. The molecule has 0 bridgehead atoms. The van der Waals surface area contributed by atoms with Crippen molar-refractivity contribution in [3.63, 3.8) is 0 Å². The molecule has 0 radical (unpaired) electrons.